The molecular formula is C18H18N2O2S. The molecule has 0 saturated carbocycles. The molecule has 3 aromatic rings. The Balaban J connectivity index is 1.84. The minimum Gasteiger partial charge on any atom is -0.462 e. The van der Waals surface area contributed by atoms with Crippen LogP contribution in [0, 0.1) is 12.8 Å². The molecule has 1 aromatic carbocycles. The van der Waals surface area contributed by atoms with Gasteiger partial charge in [0, 0.05) is 22.0 Å². The predicted octanol–water partition coefficient (Wildman–Crippen LogP) is 4.97. The van der Waals surface area contributed by atoms with Crippen LogP contribution in [0.5, 0.6) is 0 Å². The average Bonchev–Trinajstić information content (AvgIpc) is 3.17. The number of anilines is 1. The summed E-state index contributed by atoms with van der Waals surface area (Å²) in [6.45, 7) is 5.80. The first-order chi connectivity index (χ1) is 11.0. The van der Waals surface area contributed by atoms with Gasteiger partial charge in [0.1, 0.15) is 0 Å². The number of hydrogen-bond donors (Lipinski definition) is 1. The van der Waals surface area contributed by atoms with Gasteiger partial charge in [-0.1, -0.05) is 26.0 Å². The van der Waals surface area contributed by atoms with Gasteiger partial charge >= 0.3 is 0 Å². The number of aryl methyl sites for hydroxylation is 1. The molecule has 0 radical (unpaired) electrons. The number of nitrogens with zero attached hydrogens (tertiary/aromatic N) is 1. The van der Waals surface area contributed by atoms with Gasteiger partial charge in [0.2, 0.25) is 5.91 Å². The molecule has 3 rings (SSSR count). The number of amides is 1. The van der Waals surface area contributed by atoms with Crippen LogP contribution in [0.1, 0.15) is 18.7 Å². The molecular weight excluding hydrogens is 308 g/mol. The van der Waals surface area contributed by atoms with Gasteiger partial charge in [-0.05, 0) is 31.2 Å². The second kappa shape index (κ2) is 6.38. The number of furan rings is 1. The Morgan fingerprint density at radius 2 is 1.96 bits per heavy atom. The zero-order chi connectivity index (χ0) is 16.4. The van der Waals surface area contributed by atoms with E-state index in [4.69, 9.17) is 4.42 Å². The lowest BCUT2D eigenvalue weighted by Gasteiger charge is -2.08. The molecule has 0 spiro atoms. The largest absolute Gasteiger partial charge is 0.462 e. The summed E-state index contributed by atoms with van der Waals surface area (Å²) in [4.78, 5) is 17.5. The fourth-order valence-electron chi connectivity index (χ4n) is 2.17. The van der Waals surface area contributed by atoms with Gasteiger partial charge in [0.15, 0.2) is 10.8 Å². The molecule has 2 aromatic heterocycles. The molecule has 0 fully saturated rings. The fourth-order valence-corrected chi connectivity index (χ4v) is 3.07. The van der Waals surface area contributed by atoms with Crippen molar-refractivity contribution < 1.29 is 9.21 Å². The first kappa shape index (κ1) is 15.5. The second-order valence-electron chi connectivity index (χ2n) is 5.62. The molecule has 1 amide bonds. The van der Waals surface area contributed by atoms with Gasteiger partial charge < -0.3 is 9.73 Å². The number of thiazole rings is 1. The highest BCUT2D eigenvalue weighted by molar-refractivity contribution is 7.15. The van der Waals surface area contributed by atoms with E-state index in [0.717, 1.165) is 32.6 Å². The Morgan fingerprint density at radius 3 is 2.57 bits per heavy atom. The highest BCUT2D eigenvalue weighted by atomic mass is 32.1. The third-order valence-electron chi connectivity index (χ3n) is 3.48. The van der Waals surface area contributed by atoms with Gasteiger partial charge in [-0.2, -0.15) is 0 Å². The quantitative estimate of drug-likeness (QED) is 0.736. The zero-order valence-electron chi connectivity index (χ0n) is 13.3. The molecule has 0 bridgehead atoms. The Kier molecular flexibility index (Phi) is 4.30. The maximum Gasteiger partial charge on any atom is 0.226 e. The van der Waals surface area contributed by atoms with Crippen LogP contribution in [0.15, 0.2) is 47.1 Å². The highest BCUT2D eigenvalue weighted by Crippen LogP contribution is 2.33. The number of rotatable bonds is 4. The van der Waals surface area contributed by atoms with E-state index in [0.29, 0.717) is 0 Å². The molecule has 0 atom stereocenters. The average molecular weight is 326 g/mol. The topological polar surface area (TPSA) is 55.1 Å². The van der Waals surface area contributed by atoms with Crippen molar-refractivity contribution in [1.82, 2.24) is 4.98 Å². The maximum atomic E-state index is 11.7. The van der Waals surface area contributed by atoms with Crippen molar-refractivity contribution in [3.63, 3.8) is 0 Å². The summed E-state index contributed by atoms with van der Waals surface area (Å²) in [5.74, 6) is 0.763. The predicted molar refractivity (Wildman–Crippen MR) is 93.5 cm³/mol. The summed E-state index contributed by atoms with van der Waals surface area (Å²) in [6, 6.07) is 11.5. The fraction of sp³-hybridized carbons (Fsp3) is 0.222. The van der Waals surface area contributed by atoms with Crippen LogP contribution in [0.2, 0.25) is 0 Å². The van der Waals surface area contributed by atoms with Crippen LogP contribution < -0.4 is 5.32 Å². The number of hydrogen-bond acceptors (Lipinski definition) is 4. The summed E-state index contributed by atoms with van der Waals surface area (Å²) in [5.41, 5.74) is 2.77. The summed E-state index contributed by atoms with van der Waals surface area (Å²) in [7, 11) is 0. The third-order valence-corrected chi connectivity index (χ3v) is 4.46. The minimum absolute atomic E-state index is 0.0164. The second-order valence-corrected chi connectivity index (χ2v) is 6.83. The summed E-state index contributed by atoms with van der Waals surface area (Å²) in [5, 5.41) is 3.77. The lowest BCUT2D eigenvalue weighted by Crippen LogP contribution is -2.17. The number of benzene rings is 1. The smallest absolute Gasteiger partial charge is 0.226 e. The van der Waals surface area contributed by atoms with Crippen LogP contribution in [0.3, 0.4) is 0 Å². The number of carbonyl (C=O) groups is 1. The van der Waals surface area contributed by atoms with E-state index < -0.39 is 0 Å². The molecule has 0 saturated heterocycles. The van der Waals surface area contributed by atoms with Crippen molar-refractivity contribution in [2.24, 2.45) is 5.92 Å². The van der Waals surface area contributed by atoms with Crippen LogP contribution in [0.4, 0.5) is 5.69 Å². The van der Waals surface area contributed by atoms with Crippen molar-refractivity contribution in [3.05, 3.63) is 47.5 Å². The Bertz CT molecular complexity index is 802. The third kappa shape index (κ3) is 3.35. The monoisotopic (exact) mass is 326 g/mol. The van der Waals surface area contributed by atoms with Crippen molar-refractivity contribution >= 4 is 22.9 Å². The van der Waals surface area contributed by atoms with Gasteiger partial charge in [-0.3, -0.25) is 4.79 Å². The van der Waals surface area contributed by atoms with E-state index in [1.54, 1.807) is 17.6 Å². The Morgan fingerprint density at radius 1 is 1.22 bits per heavy atom. The van der Waals surface area contributed by atoms with E-state index in [-0.39, 0.29) is 11.8 Å². The van der Waals surface area contributed by atoms with Crippen LogP contribution >= 0.6 is 11.3 Å². The SMILES string of the molecule is Cc1sc(-c2ccco2)nc1-c1ccc(NC(=O)C(C)C)cc1. The summed E-state index contributed by atoms with van der Waals surface area (Å²) < 4.78 is 5.41. The van der Waals surface area contributed by atoms with Crippen LogP contribution in [0.25, 0.3) is 22.0 Å². The van der Waals surface area contributed by atoms with Crippen LogP contribution in [-0.4, -0.2) is 10.9 Å². The summed E-state index contributed by atoms with van der Waals surface area (Å²) in [6.07, 6.45) is 1.65. The van der Waals surface area contributed by atoms with E-state index in [2.05, 4.69) is 10.3 Å². The van der Waals surface area contributed by atoms with E-state index >= 15 is 0 Å². The normalized spacial score (nSPS) is 11.0. The number of aromatic nitrogens is 1. The molecule has 0 aliphatic rings. The molecule has 5 heteroatoms. The molecule has 0 aliphatic heterocycles. The molecule has 118 valence electrons. The maximum absolute atomic E-state index is 11.7. The minimum atomic E-state index is -0.0358. The van der Waals surface area contributed by atoms with Crippen LogP contribution in [-0.2, 0) is 4.79 Å². The van der Waals surface area contributed by atoms with E-state index in [9.17, 15) is 4.79 Å². The van der Waals surface area contributed by atoms with Gasteiger partial charge in [-0.25, -0.2) is 4.98 Å². The van der Waals surface area contributed by atoms with E-state index in [1.165, 1.54) is 0 Å². The number of nitrogens with one attached hydrogen (secondary N) is 1. The van der Waals surface area contributed by atoms with Crippen molar-refractivity contribution in [3.8, 4) is 22.0 Å². The molecule has 4 nitrogen and oxygen atoms in total. The van der Waals surface area contributed by atoms with Gasteiger partial charge in [0.25, 0.3) is 0 Å². The first-order valence-electron chi connectivity index (χ1n) is 7.47. The van der Waals surface area contributed by atoms with E-state index in [1.807, 2.05) is 57.2 Å². The Hall–Kier alpha value is -2.40. The van der Waals surface area contributed by atoms with Crippen molar-refractivity contribution in [2.75, 3.05) is 5.32 Å². The lowest BCUT2D eigenvalue weighted by molar-refractivity contribution is -0.118. The Labute approximate surface area is 139 Å². The lowest BCUT2D eigenvalue weighted by atomic mass is 10.1. The summed E-state index contributed by atoms with van der Waals surface area (Å²) >= 11 is 1.61. The molecule has 2 heterocycles. The zero-order valence-corrected chi connectivity index (χ0v) is 14.1. The molecule has 0 unspecified atom stereocenters. The standard InChI is InChI=1S/C18H18N2O2S/c1-11(2)17(21)19-14-8-6-13(7-9-14)16-12(3)23-18(20-16)15-5-4-10-22-15/h4-11H,1-3H3,(H,19,21). The van der Waals surface area contributed by atoms with Crippen molar-refractivity contribution in [1.29, 1.82) is 0 Å². The highest BCUT2D eigenvalue weighted by Gasteiger charge is 2.13. The van der Waals surface area contributed by atoms with Crippen molar-refractivity contribution in [2.45, 2.75) is 20.8 Å². The molecule has 23 heavy (non-hydrogen) atoms. The number of carbonyl (C=O) groups excluding carboxylic acids is 1. The molecule has 0 aliphatic carbocycles. The molecule has 1 N–H and O–H groups in total. The first-order valence-corrected chi connectivity index (χ1v) is 8.29. The van der Waals surface area contributed by atoms with Gasteiger partial charge in [0.05, 0.1) is 12.0 Å². The van der Waals surface area contributed by atoms with Gasteiger partial charge in [-0.15, -0.1) is 11.3 Å².